The number of carbonyl (C=O) groups excluding carboxylic acids is 1. The lowest BCUT2D eigenvalue weighted by atomic mass is 10.2. The predicted octanol–water partition coefficient (Wildman–Crippen LogP) is 0.593. The van der Waals surface area contributed by atoms with E-state index in [1.165, 1.54) is 4.68 Å². The maximum absolute atomic E-state index is 11.9. The number of nitrogens with one attached hydrogen (secondary N) is 1. The predicted molar refractivity (Wildman–Crippen MR) is 57.5 cm³/mol. The van der Waals surface area contributed by atoms with E-state index in [-0.39, 0.29) is 11.4 Å². The Balaban J connectivity index is 2.25. The Morgan fingerprint density at radius 3 is 2.60 bits per heavy atom. The van der Waals surface area contributed by atoms with Gasteiger partial charge in [0.15, 0.2) is 0 Å². The van der Waals surface area contributed by atoms with E-state index < -0.39 is 0 Å². The van der Waals surface area contributed by atoms with Gasteiger partial charge in [-0.25, -0.2) is 0 Å². The van der Waals surface area contributed by atoms with Crippen LogP contribution in [0.5, 0.6) is 0 Å². The number of nitrogen functional groups attached to an aromatic ring is 1. The van der Waals surface area contributed by atoms with Crippen LogP contribution in [-0.2, 0) is 7.05 Å². The average molecular weight is 208 g/mol. The van der Waals surface area contributed by atoms with Crippen LogP contribution < -0.4 is 11.1 Å². The van der Waals surface area contributed by atoms with Gasteiger partial charge in [0.25, 0.3) is 5.91 Å². The Bertz CT molecular complexity index is 417. The number of hydrogen-bond donors (Lipinski definition) is 2. The van der Waals surface area contributed by atoms with Crippen molar-refractivity contribution in [1.82, 2.24) is 15.1 Å². The number of rotatable bonds is 2. The van der Waals surface area contributed by atoms with Crippen molar-refractivity contribution in [3.05, 3.63) is 11.4 Å². The van der Waals surface area contributed by atoms with E-state index in [0.29, 0.717) is 17.1 Å². The first-order valence-electron chi connectivity index (χ1n) is 5.04. The minimum Gasteiger partial charge on any atom is -0.395 e. The summed E-state index contributed by atoms with van der Waals surface area (Å²) in [6.45, 7) is 3.83. The van der Waals surface area contributed by atoms with Gasteiger partial charge in [-0.05, 0) is 26.7 Å². The highest BCUT2D eigenvalue weighted by atomic mass is 16.2. The summed E-state index contributed by atoms with van der Waals surface area (Å²) in [5, 5.41) is 7.07. The Kier molecular flexibility index (Phi) is 1.99. The molecule has 0 aromatic carbocycles. The second-order valence-corrected chi connectivity index (χ2v) is 4.49. The fraction of sp³-hybridized carbons (Fsp3) is 0.600. The van der Waals surface area contributed by atoms with Gasteiger partial charge in [0.2, 0.25) is 0 Å². The molecule has 1 fully saturated rings. The van der Waals surface area contributed by atoms with Gasteiger partial charge in [0.05, 0.1) is 11.4 Å². The zero-order valence-electron chi connectivity index (χ0n) is 9.29. The Morgan fingerprint density at radius 1 is 1.60 bits per heavy atom. The molecule has 1 amide bonds. The van der Waals surface area contributed by atoms with E-state index in [9.17, 15) is 4.79 Å². The summed E-state index contributed by atoms with van der Waals surface area (Å²) < 4.78 is 1.53. The van der Waals surface area contributed by atoms with Crippen molar-refractivity contribution in [2.45, 2.75) is 32.2 Å². The number of anilines is 1. The number of aryl methyl sites for hydroxylation is 2. The molecule has 1 aliphatic rings. The summed E-state index contributed by atoms with van der Waals surface area (Å²) in [6, 6.07) is 0. The zero-order valence-corrected chi connectivity index (χ0v) is 9.29. The van der Waals surface area contributed by atoms with E-state index in [0.717, 1.165) is 12.8 Å². The van der Waals surface area contributed by atoms with Crippen LogP contribution in [0.3, 0.4) is 0 Å². The average Bonchev–Trinajstić information content (AvgIpc) is 2.76. The van der Waals surface area contributed by atoms with E-state index in [1.807, 2.05) is 6.92 Å². The highest BCUT2D eigenvalue weighted by Gasteiger charge is 2.39. The lowest BCUT2D eigenvalue weighted by Gasteiger charge is -2.11. The molecule has 1 aromatic heterocycles. The van der Waals surface area contributed by atoms with E-state index >= 15 is 0 Å². The number of amides is 1. The van der Waals surface area contributed by atoms with Gasteiger partial charge in [0, 0.05) is 12.6 Å². The van der Waals surface area contributed by atoms with Crippen LogP contribution in [0.2, 0.25) is 0 Å². The molecule has 1 aromatic rings. The molecule has 1 saturated carbocycles. The van der Waals surface area contributed by atoms with Gasteiger partial charge in [0.1, 0.15) is 5.69 Å². The third kappa shape index (κ3) is 1.69. The highest BCUT2D eigenvalue weighted by molar-refractivity contribution is 5.98. The van der Waals surface area contributed by atoms with Gasteiger partial charge in [-0.2, -0.15) is 5.10 Å². The smallest absolute Gasteiger partial charge is 0.272 e. The molecule has 2 rings (SSSR count). The molecule has 0 aliphatic heterocycles. The summed E-state index contributed by atoms with van der Waals surface area (Å²) in [6.07, 6.45) is 2.07. The van der Waals surface area contributed by atoms with Crippen LogP contribution in [0.1, 0.15) is 35.9 Å². The molecule has 0 radical (unpaired) electrons. The second kappa shape index (κ2) is 2.98. The number of nitrogens with two attached hydrogens (primary N) is 1. The van der Waals surface area contributed by atoms with Gasteiger partial charge < -0.3 is 11.1 Å². The van der Waals surface area contributed by atoms with Crippen LogP contribution in [0.25, 0.3) is 0 Å². The molecular weight excluding hydrogens is 192 g/mol. The summed E-state index contributed by atoms with van der Waals surface area (Å²) in [5.41, 5.74) is 7.40. The van der Waals surface area contributed by atoms with Gasteiger partial charge in [-0.1, -0.05) is 0 Å². The number of nitrogens with zero attached hydrogens (tertiary/aromatic N) is 2. The van der Waals surface area contributed by atoms with Crippen LogP contribution in [0.15, 0.2) is 0 Å². The van der Waals surface area contributed by atoms with E-state index in [1.54, 1.807) is 14.0 Å². The standard InChI is InChI=1S/C10H16N4O/c1-6-7(11)8(14(3)13-6)9(15)12-10(2)4-5-10/h4-5,11H2,1-3H3,(H,12,15). The number of carbonyl (C=O) groups is 1. The molecule has 1 heterocycles. The van der Waals surface area contributed by atoms with Crippen molar-refractivity contribution in [1.29, 1.82) is 0 Å². The first-order chi connectivity index (χ1) is 6.93. The minimum absolute atomic E-state index is 0.0261. The number of hydrogen-bond acceptors (Lipinski definition) is 3. The molecule has 0 bridgehead atoms. The van der Waals surface area contributed by atoms with E-state index in [2.05, 4.69) is 10.4 Å². The van der Waals surface area contributed by atoms with Gasteiger partial charge in [-0.15, -0.1) is 0 Å². The summed E-state index contributed by atoms with van der Waals surface area (Å²) in [4.78, 5) is 11.9. The maximum atomic E-state index is 11.9. The fourth-order valence-corrected chi connectivity index (χ4v) is 1.59. The second-order valence-electron chi connectivity index (χ2n) is 4.49. The molecule has 0 spiro atoms. The molecule has 15 heavy (non-hydrogen) atoms. The zero-order chi connectivity index (χ0) is 11.2. The monoisotopic (exact) mass is 208 g/mol. The van der Waals surface area contributed by atoms with E-state index in [4.69, 9.17) is 5.73 Å². The summed E-state index contributed by atoms with van der Waals surface area (Å²) >= 11 is 0. The van der Waals surface area contributed by atoms with Gasteiger partial charge in [-0.3, -0.25) is 9.48 Å². The first kappa shape index (κ1) is 10.0. The molecule has 82 valence electrons. The minimum atomic E-state index is -0.129. The molecular formula is C10H16N4O. The lowest BCUT2D eigenvalue weighted by molar-refractivity contribution is 0.0927. The Labute approximate surface area is 88.6 Å². The molecule has 5 nitrogen and oxygen atoms in total. The third-order valence-electron chi connectivity index (χ3n) is 2.90. The van der Waals surface area contributed by atoms with Crippen molar-refractivity contribution in [2.24, 2.45) is 7.05 Å². The third-order valence-corrected chi connectivity index (χ3v) is 2.90. The Hall–Kier alpha value is -1.52. The van der Waals surface area contributed by atoms with Crippen LogP contribution >= 0.6 is 0 Å². The van der Waals surface area contributed by atoms with Crippen molar-refractivity contribution in [2.75, 3.05) is 5.73 Å². The lowest BCUT2D eigenvalue weighted by Crippen LogP contribution is -2.35. The normalized spacial score (nSPS) is 17.5. The molecule has 3 N–H and O–H groups in total. The summed E-state index contributed by atoms with van der Waals surface area (Å²) in [7, 11) is 1.73. The van der Waals surface area contributed by atoms with Crippen molar-refractivity contribution in [3.8, 4) is 0 Å². The topological polar surface area (TPSA) is 72.9 Å². The molecule has 0 atom stereocenters. The molecule has 1 aliphatic carbocycles. The van der Waals surface area contributed by atoms with Crippen molar-refractivity contribution in [3.63, 3.8) is 0 Å². The highest BCUT2D eigenvalue weighted by Crippen LogP contribution is 2.34. The van der Waals surface area contributed by atoms with Crippen LogP contribution in [0, 0.1) is 6.92 Å². The van der Waals surface area contributed by atoms with Crippen LogP contribution in [0.4, 0.5) is 5.69 Å². The van der Waals surface area contributed by atoms with Crippen molar-refractivity contribution < 1.29 is 4.79 Å². The number of aromatic nitrogens is 2. The fourth-order valence-electron chi connectivity index (χ4n) is 1.59. The Morgan fingerprint density at radius 2 is 2.20 bits per heavy atom. The van der Waals surface area contributed by atoms with Crippen molar-refractivity contribution >= 4 is 11.6 Å². The SMILES string of the molecule is Cc1nn(C)c(C(=O)NC2(C)CC2)c1N. The quantitative estimate of drug-likeness (QED) is 0.747. The largest absolute Gasteiger partial charge is 0.395 e. The van der Waals surface area contributed by atoms with Crippen LogP contribution in [-0.4, -0.2) is 21.2 Å². The molecule has 0 saturated heterocycles. The summed E-state index contributed by atoms with van der Waals surface area (Å²) in [5.74, 6) is -0.129. The molecule has 5 heteroatoms. The first-order valence-corrected chi connectivity index (χ1v) is 5.04. The maximum Gasteiger partial charge on any atom is 0.272 e. The molecule has 0 unspecified atom stereocenters. The van der Waals surface area contributed by atoms with Gasteiger partial charge >= 0.3 is 0 Å².